The third kappa shape index (κ3) is 3.51. The number of hydrogen-bond donors (Lipinski definition) is 1. The molecule has 4 heteroatoms. The van der Waals surface area contributed by atoms with Gasteiger partial charge in [-0.15, -0.1) is 0 Å². The lowest BCUT2D eigenvalue weighted by Gasteiger charge is -2.14. The van der Waals surface area contributed by atoms with Crippen molar-refractivity contribution in [3.63, 3.8) is 0 Å². The van der Waals surface area contributed by atoms with Crippen molar-refractivity contribution in [3.8, 4) is 0 Å². The number of hydrogen-bond acceptors (Lipinski definition) is 3. The van der Waals surface area contributed by atoms with E-state index in [0.717, 1.165) is 5.56 Å². The van der Waals surface area contributed by atoms with E-state index in [2.05, 4.69) is 0 Å². The second-order valence-corrected chi connectivity index (χ2v) is 4.25. The average Bonchev–Trinajstić information content (AvgIpc) is 2.26. The molecule has 0 bridgehead atoms. The molecule has 16 heavy (non-hydrogen) atoms. The number of ether oxygens (including phenoxy) is 1. The molecule has 0 aliphatic rings. The Kier molecular flexibility index (Phi) is 4.77. The van der Waals surface area contributed by atoms with E-state index < -0.39 is 0 Å². The van der Waals surface area contributed by atoms with Crippen LogP contribution in [0, 0.1) is 5.92 Å². The van der Waals surface area contributed by atoms with Crippen LogP contribution < -0.4 is 5.73 Å². The predicted molar refractivity (Wildman–Crippen MR) is 64.1 cm³/mol. The lowest BCUT2D eigenvalue weighted by Crippen LogP contribution is -2.31. The minimum Gasteiger partial charge on any atom is -0.461 e. The van der Waals surface area contributed by atoms with Crippen LogP contribution in [0.4, 0.5) is 0 Å². The van der Waals surface area contributed by atoms with Gasteiger partial charge in [-0.1, -0.05) is 36.7 Å². The van der Waals surface area contributed by atoms with Gasteiger partial charge in [0.15, 0.2) is 0 Å². The highest BCUT2D eigenvalue weighted by molar-refractivity contribution is 6.31. The number of carbonyl (C=O) groups excluding carboxylic acids is 1. The Hall–Kier alpha value is -1.06. The van der Waals surface area contributed by atoms with Gasteiger partial charge in [-0.2, -0.15) is 0 Å². The predicted octanol–water partition coefficient (Wildman–Crippen LogP) is 2.37. The fourth-order valence-corrected chi connectivity index (χ4v) is 1.30. The summed E-state index contributed by atoms with van der Waals surface area (Å²) in [6.07, 6.45) is 0. The van der Waals surface area contributed by atoms with E-state index in [4.69, 9.17) is 22.1 Å². The average molecular weight is 242 g/mol. The molecule has 0 amide bonds. The van der Waals surface area contributed by atoms with Crippen LogP contribution in [-0.4, -0.2) is 12.0 Å². The Bertz CT molecular complexity index is 366. The number of esters is 1. The van der Waals surface area contributed by atoms with Crippen molar-refractivity contribution in [1.29, 1.82) is 0 Å². The number of carbonyl (C=O) groups is 1. The SMILES string of the molecule is CC(N)C(C)C(=O)OCc1ccccc1Cl. The second kappa shape index (κ2) is 5.87. The van der Waals surface area contributed by atoms with Crippen molar-refractivity contribution in [3.05, 3.63) is 34.9 Å². The molecule has 1 aromatic rings. The first-order valence-electron chi connectivity index (χ1n) is 5.18. The van der Waals surface area contributed by atoms with Crippen molar-refractivity contribution in [1.82, 2.24) is 0 Å². The summed E-state index contributed by atoms with van der Waals surface area (Å²) in [5.74, 6) is -0.600. The fraction of sp³-hybridized carbons (Fsp3) is 0.417. The molecule has 2 unspecified atom stereocenters. The zero-order valence-electron chi connectivity index (χ0n) is 9.44. The summed E-state index contributed by atoms with van der Waals surface area (Å²) in [4.78, 5) is 11.5. The van der Waals surface area contributed by atoms with E-state index in [-0.39, 0.29) is 24.5 Å². The van der Waals surface area contributed by atoms with Crippen molar-refractivity contribution < 1.29 is 9.53 Å². The third-order valence-electron chi connectivity index (χ3n) is 2.49. The smallest absolute Gasteiger partial charge is 0.310 e. The van der Waals surface area contributed by atoms with Gasteiger partial charge in [-0.3, -0.25) is 4.79 Å². The van der Waals surface area contributed by atoms with Gasteiger partial charge < -0.3 is 10.5 Å². The Labute approximate surface area is 101 Å². The van der Waals surface area contributed by atoms with Gasteiger partial charge in [-0.25, -0.2) is 0 Å². The lowest BCUT2D eigenvalue weighted by atomic mass is 10.1. The summed E-state index contributed by atoms with van der Waals surface area (Å²) in [7, 11) is 0. The van der Waals surface area contributed by atoms with Crippen LogP contribution in [-0.2, 0) is 16.1 Å². The molecule has 0 aliphatic heterocycles. The lowest BCUT2D eigenvalue weighted by molar-refractivity contribution is -0.149. The number of benzene rings is 1. The fourth-order valence-electron chi connectivity index (χ4n) is 1.11. The van der Waals surface area contributed by atoms with Crippen molar-refractivity contribution in [2.45, 2.75) is 26.5 Å². The summed E-state index contributed by atoms with van der Waals surface area (Å²) in [5.41, 5.74) is 6.41. The zero-order valence-corrected chi connectivity index (χ0v) is 10.2. The maximum Gasteiger partial charge on any atom is 0.310 e. The minimum absolute atomic E-state index is 0.190. The highest BCUT2D eigenvalue weighted by Gasteiger charge is 2.18. The van der Waals surface area contributed by atoms with Crippen LogP contribution in [0.2, 0.25) is 5.02 Å². The molecule has 0 fully saturated rings. The quantitative estimate of drug-likeness (QED) is 0.824. The van der Waals surface area contributed by atoms with E-state index in [1.54, 1.807) is 19.9 Å². The highest BCUT2D eigenvalue weighted by Crippen LogP contribution is 2.16. The molecular weight excluding hydrogens is 226 g/mol. The van der Waals surface area contributed by atoms with E-state index >= 15 is 0 Å². The van der Waals surface area contributed by atoms with Crippen molar-refractivity contribution >= 4 is 17.6 Å². The van der Waals surface area contributed by atoms with Gasteiger partial charge in [0.1, 0.15) is 6.61 Å². The second-order valence-electron chi connectivity index (χ2n) is 3.85. The molecule has 2 atom stereocenters. The van der Waals surface area contributed by atoms with Crippen molar-refractivity contribution in [2.24, 2.45) is 11.7 Å². The zero-order chi connectivity index (χ0) is 12.1. The normalized spacial score (nSPS) is 14.2. The van der Waals surface area contributed by atoms with Crippen LogP contribution in [0.3, 0.4) is 0 Å². The van der Waals surface area contributed by atoms with Gasteiger partial charge in [0, 0.05) is 16.6 Å². The molecule has 1 rings (SSSR count). The molecule has 2 N–H and O–H groups in total. The first kappa shape index (κ1) is 13.0. The molecular formula is C12H16ClNO2. The Morgan fingerprint density at radius 1 is 1.44 bits per heavy atom. The van der Waals surface area contributed by atoms with E-state index in [9.17, 15) is 4.79 Å². The summed E-state index contributed by atoms with van der Waals surface area (Å²) in [5, 5.41) is 0.601. The molecule has 0 radical (unpaired) electrons. The summed E-state index contributed by atoms with van der Waals surface area (Å²) < 4.78 is 5.13. The van der Waals surface area contributed by atoms with Crippen molar-refractivity contribution in [2.75, 3.05) is 0 Å². The van der Waals surface area contributed by atoms with E-state index in [1.807, 2.05) is 18.2 Å². The summed E-state index contributed by atoms with van der Waals surface area (Å²) >= 11 is 5.93. The van der Waals surface area contributed by atoms with Crippen LogP contribution in [0.25, 0.3) is 0 Å². The molecule has 0 heterocycles. The van der Waals surface area contributed by atoms with Crippen LogP contribution in [0.15, 0.2) is 24.3 Å². The van der Waals surface area contributed by atoms with Crippen LogP contribution >= 0.6 is 11.6 Å². The molecule has 0 aromatic heterocycles. The molecule has 0 saturated carbocycles. The van der Waals surface area contributed by atoms with Crippen LogP contribution in [0.5, 0.6) is 0 Å². The third-order valence-corrected chi connectivity index (χ3v) is 2.86. The summed E-state index contributed by atoms with van der Waals surface area (Å²) in [6, 6.07) is 7.06. The molecule has 3 nitrogen and oxygen atoms in total. The minimum atomic E-state index is -0.303. The largest absolute Gasteiger partial charge is 0.461 e. The molecule has 88 valence electrons. The standard InChI is InChI=1S/C12H16ClNO2/c1-8(9(2)14)12(15)16-7-10-5-3-4-6-11(10)13/h3-6,8-9H,7,14H2,1-2H3. The number of rotatable bonds is 4. The first-order valence-corrected chi connectivity index (χ1v) is 5.55. The van der Waals surface area contributed by atoms with Gasteiger partial charge in [0.2, 0.25) is 0 Å². The van der Waals surface area contributed by atoms with Gasteiger partial charge >= 0.3 is 5.97 Å². The van der Waals surface area contributed by atoms with E-state index in [1.165, 1.54) is 0 Å². The van der Waals surface area contributed by atoms with Gasteiger partial charge in [0.05, 0.1) is 5.92 Å². The van der Waals surface area contributed by atoms with Gasteiger partial charge in [0.25, 0.3) is 0 Å². The first-order chi connectivity index (χ1) is 7.52. The van der Waals surface area contributed by atoms with E-state index in [0.29, 0.717) is 5.02 Å². The number of halogens is 1. The van der Waals surface area contributed by atoms with Crippen LogP contribution in [0.1, 0.15) is 19.4 Å². The Balaban J connectivity index is 2.52. The monoisotopic (exact) mass is 241 g/mol. The highest BCUT2D eigenvalue weighted by atomic mass is 35.5. The Morgan fingerprint density at radius 3 is 2.62 bits per heavy atom. The molecule has 0 spiro atoms. The molecule has 0 saturated heterocycles. The maximum absolute atomic E-state index is 11.5. The maximum atomic E-state index is 11.5. The Morgan fingerprint density at radius 2 is 2.06 bits per heavy atom. The topological polar surface area (TPSA) is 52.3 Å². The number of nitrogens with two attached hydrogens (primary N) is 1. The summed E-state index contributed by atoms with van der Waals surface area (Å²) in [6.45, 7) is 3.72. The molecule has 1 aromatic carbocycles. The van der Waals surface area contributed by atoms with Gasteiger partial charge in [-0.05, 0) is 13.0 Å². The molecule has 0 aliphatic carbocycles.